The molecule has 1 rings (SSSR count). The number of anilines is 1. The van der Waals surface area contributed by atoms with Crippen molar-refractivity contribution in [2.24, 2.45) is 5.92 Å². The van der Waals surface area contributed by atoms with Crippen LogP contribution < -0.4 is 5.32 Å². The zero-order valence-electron chi connectivity index (χ0n) is 16.8. The minimum Gasteiger partial charge on any atom is -0.459 e. The van der Waals surface area contributed by atoms with Gasteiger partial charge in [0.25, 0.3) is 0 Å². The SMILES string of the molecule is CCCC(Sc1cc(NC(=O)CC(C)C)c(F)cc1Cl)C(=O)OC(C)(C)C. The summed E-state index contributed by atoms with van der Waals surface area (Å²) in [5, 5.41) is 2.32. The van der Waals surface area contributed by atoms with Crippen LogP contribution in [0.25, 0.3) is 0 Å². The number of carbonyl (C=O) groups is 2. The number of hydrogen-bond acceptors (Lipinski definition) is 4. The van der Waals surface area contributed by atoms with Crippen molar-refractivity contribution in [2.75, 3.05) is 5.32 Å². The van der Waals surface area contributed by atoms with E-state index >= 15 is 0 Å². The molecule has 1 aromatic carbocycles. The number of ether oxygens (including phenoxy) is 1. The number of nitrogens with one attached hydrogen (secondary N) is 1. The maximum Gasteiger partial charge on any atom is 0.319 e. The highest BCUT2D eigenvalue weighted by molar-refractivity contribution is 8.00. The van der Waals surface area contributed by atoms with E-state index in [1.165, 1.54) is 17.8 Å². The summed E-state index contributed by atoms with van der Waals surface area (Å²) >= 11 is 7.41. The normalized spacial score (nSPS) is 12.8. The predicted molar refractivity (Wildman–Crippen MR) is 110 cm³/mol. The molecule has 0 aliphatic carbocycles. The molecular formula is C20H29ClFNO3S. The first-order chi connectivity index (χ1) is 12.4. The zero-order chi connectivity index (χ0) is 20.8. The Labute approximate surface area is 170 Å². The molecule has 4 nitrogen and oxygen atoms in total. The van der Waals surface area contributed by atoms with Crippen LogP contribution in [-0.2, 0) is 14.3 Å². The number of amides is 1. The van der Waals surface area contributed by atoms with E-state index in [2.05, 4.69) is 5.32 Å². The molecule has 152 valence electrons. The largest absolute Gasteiger partial charge is 0.459 e. The van der Waals surface area contributed by atoms with Crippen LogP contribution in [0.4, 0.5) is 10.1 Å². The molecule has 27 heavy (non-hydrogen) atoms. The van der Waals surface area contributed by atoms with Gasteiger partial charge in [0.05, 0.1) is 10.7 Å². The summed E-state index contributed by atoms with van der Waals surface area (Å²) in [5.41, 5.74) is -0.529. The molecular weight excluding hydrogens is 389 g/mol. The Hall–Kier alpha value is -1.27. The van der Waals surface area contributed by atoms with E-state index in [0.717, 1.165) is 12.5 Å². The van der Waals surface area contributed by atoms with E-state index in [-0.39, 0.29) is 28.5 Å². The van der Waals surface area contributed by atoms with Gasteiger partial charge in [0.15, 0.2) is 0 Å². The Balaban J connectivity index is 3.03. The summed E-state index contributed by atoms with van der Waals surface area (Å²) in [6.07, 6.45) is 1.68. The summed E-state index contributed by atoms with van der Waals surface area (Å²) in [4.78, 5) is 25.0. The standard InChI is InChI=1S/C20H29ClFNO3S/c1-7-8-16(19(25)26-20(4,5)6)27-17-11-15(14(22)10-13(17)21)23-18(24)9-12(2)3/h10-12,16H,7-9H2,1-6H3,(H,23,24). The van der Waals surface area contributed by atoms with Crippen molar-refractivity contribution in [3.8, 4) is 0 Å². The van der Waals surface area contributed by atoms with Gasteiger partial charge in [-0.2, -0.15) is 0 Å². The first-order valence-corrected chi connectivity index (χ1v) is 10.4. The monoisotopic (exact) mass is 417 g/mol. The molecule has 0 aliphatic heterocycles. The molecule has 0 fully saturated rings. The van der Waals surface area contributed by atoms with Crippen LogP contribution in [0.15, 0.2) is 17.0 Å². The van der Waals surface area contributed by atoms with E-state index < -0.39 is 16.7 Å². The molecule has 1 aromatic rings. The van der Waals surface area contributed by atoms with Gasteiger partial charge in [-0.25, -0.2) is 4.39 Å². The van der Waals surface area contributed by atoms with Crippen LogP contribution in [0.3, 0.4) is 0 Å². The fraction of sp³-hybridized carbons (Fsp3) is 0.600. The minimum absolute atomic E-state index is 0.0620. The van der Waals surface area contributed by atoms with Crippen LogP contribution >= 0.6 is 23.4 Å². The Morgan fingerprint density at radius 3 is 2.44 bits per heavy atom. The molecule has 0 aliphatic rings. The van der Waals surface area contributed by atoms with E-state index in [9.17, 15) is 14.0 Å². The highest BCUT2D eigenvalue weighted by Crippen LogP contribution is 2.36. The molecule has 1 N–H and O–H groups in total. The summed E-state index contributed by atoms with van der Waals surface area (Å²) < 4.78 is 19.7. The number of hydrogen-bond donors (Lipinski definition) is 1. The van der Waals surface area contributed by atoms with Crippen molar-refractivity contribution < 1.29 is 18.7 Å². The van der Waals surface area contributed by atoms with Gasteiger partial charge >= 0.3 is 5.97 Å². The van der Waals surface area contributed by atoms with Crippen molar-refractivity contribution in [2.45, 2.75) is 76.6 Å². The third-order valence-corrected chi connectivity index (χ3v) is 5.11. The van der Waals surface area contributed by atoms with E-state index in [0.29, 0.717) is 17.7 Å². The number of halogens is 2. The van der Waals surface area contributed by atoms with Gasteiger partial charge in [0, 0.05) is 11.3 Å². The average molecular weight is 418 g/mol. The summed E-state index contributed by atoms with van der Waals surface area (Å²) in [6, 6.07) is 2.64. The van der Waals surface area contributed by atoms with Gasteiger partial charge in [-0.15, -0.1) is 11.8 Å². The van der Waals surface area contributed by atoms with E-state index in [4.69, 9.17) is 16.3 Å². The molecule has 0 aromatic heterocycles. The number of benzene rings is 1. The number of thioether (sulfide) groups is 1. The Morgan fingerprint density at radius 1 is 1.30 bits per heavy atom. The quantitative estimate of drug-likeness (QED) is 0.412. The third-order valence-electron chi connectivity index (χ3n) is 3.38. The molecule has 0 heterocycles. The molecule has 1 atom stereocenters. The van der Waals surface area contributed by atoms with Gasteiger partial charge in [-0.05, 0) is 45.2 Å². The van der Waals surface area contributed by atoms with Crippen LogP contribution in [-0.4, -0.2) is 22.7 Å². The number of esters is 1. The first-order valence-electron chi connectivity index (χ1n) is 9.11. The molecule has 0 radical (unpaired) electrons. The van der Waals surface area contributed by atoms with E-state index in [1.807, 2.05) is 41.5 Å². The van der Waals surface area contributed by atoms with Crippen LogP contribution in [0.5, 0.6) is 0 Å². The zero-order valence-corrected chi connectivity index (χ0v) is 18.4. The van der Waals surface area contributed by atoms with Gasteiger partial charge in [0.1, 0.15) is 16.7 Å². The van der Waals surface area contributed by atoms with Crippen LogP contribution in [0, 0.1) is 11.7 Å². The molecule has 0 saturated heterocycles. The van der Waals surface area contributed by atoms with Gasteiger partial charge in [0.2, 0.25) is 5.91 Å². The van der Waals surface area contributed by atoms with Crippen molar-refractivity contribution in [3.05, 3.63) is 23.0 Å². The maximum absolute atomic E-state index is 14.2. The molecule has 0 bridgehead atoms. The molecule has 1 amide bonds. The Kier molecular flexibility index (Phi) is 9.09. The minimum atomic E-state index is -0.606. The van der Waals surface area contributed by atoms with E-state index in [1.54, 1.807) is 0 Å². The highest BCUT2D eigenvalue weighted by atomic mass is 35.5. The van der Waals surface area contributed by atoms with Crippen molar-refractivity contribution in [1.29, 1.82) is 0 Å². The lowest BCUT2D eigenvalue weighted by molar-refractivity contribution is -0.154. The van der Waals surface area contributed by atoms with Crippen LogP contribution in [0.1, 0.15) is 60.8 Å². The number of rotatable bonds is 8. The van der Waals surface area contributed by atoms with Crippen molar-refractivity contribution in [3.63, 3.8) is 0 Å². The number of carbonyl (C=O) groups excluding carboxylic acids is 2. The highest BCUT2D eigenvalue weighted by Gasteiger charge is 2.26. The second-order valence-electron chi connectivity index (χ2n) is 7.84. The maximum atomic E-state index is 14.2. The summed E-state index contributed by atoms with van der Waals surface area (Å²) in [6.45, 7) is 11.2. The second kappa shape index (κ2) is 10.3. The fourth-order valence-corrected chi connectivity index (χ4v) is 3.74. The topological polar surface area (TPSA) is 55.4 Å². The van der Waals surface area contributed by atoms with Gasteiger partial charge in [-0.1, -0.05) is 38.8 Å². The Bertz CT molecular complexity index is 674. The third kappa shape index (κ3) is 8.52. The molecule has 0 spiro atoms. The van der Waals surface area contributed by atoms with Gasteiger partial charge < -0.3 is 10.1 Å². The lowest BCUT2D eigenvalue weighted by atomic mass is 10.1. The molecule has 7 heteroatoms. The smallest absolute Gasteiger partial charge is 0.319 e. The summed E-state index contributed by atoms with van der Waals surface area (Å²) in [5.74, 6) is -1.04. The first kappa shape index (κ1) is 23.8. The Morgan fingerprint density at radius 2 is 1.93 bits per heavy atom. The molecule has 0 saturated carbocycles. The molecule has 1 unspecified atom stereocenters. The average Bonchev–Trinajstić information content (AvgIpc) is 2.48. The fourth-order valence-electron chi connectivity index (χ4n) is 2.30. The van der Waals surface area contributed by atoms with Crippen molar-refractivity contribution >= 4 is 40.9 Å². The van der Waals surface area contributed by atoms with Crippen molar-refractivity contribution in [1.82, 2.24) is 0 Å². The second-order valence-corrected chi connectivity index (χ2v) is 9.49. The lowest BCUT2D eigenvalue weighted by Gasteiger charge is -2.24. The predicted octanol–water partition coefficient (Wildman–Crippen LogP) is 6.07. The summed E-state index contributed by atoms with van der Waals surface area (Å²) in [7, 11) is 0. The lowest BCUT2D eigenvalue weighted by Crippen LogP contribution is -2.30. The van der Waals surface area contributed by atoms with Crippen LogP contribution in [0.2, 0.25) is 5.02 Å². The van der Waals surface area contributed by atoms with Gasteiger partial charge in [-0.3, -0.25) is 9.59 Å².